The van der Waals surface area contributed by atoms with Gasteiger partial charge >= 0.3 is 0 Å². The summed E-state index contributed by atoms with van der Waals surface area (Å²) in [4.78, 5) is 11.1. The van der Waals surface area contributed by atoms with Gasteiger partial charge < -0.3 is 15.4 Å². The molecule has 0 aliphatic heterocycles. The number of carbonyl (C=O) groups excluding carboxylic acids is 1. The van der Waals surface area contributed by atoms with Crippen molar-refractivity contribution < 1.29 is 9.53 Å². The Hall–Kier alpha value is -0.610. The first-order chi connectivity index (χ1) is 7.16. The van der Waals surface area contributed by atoms with E-state index in [0.29, 0.717) is 25.5 Å². The lowest BCUT2D eigenvalue weighted by molar-refractivity contribution is -0.121. The summed E-state index contributed by atoms with van der Waals surface area (Å²) in [6.07, 6.45) is 1.61. The molecule has 2 N–H and O–H groups in total. The topological polar surface area (TPSA) is 50.4 Å². The molecule has 4 heteroatoms. The molecule has 0 spiro atoms. The van der Waals surface area contributed by atoms with Crippen LogP contribution in [0.15, 0.2) is 0 Å². The molecule has 0 heterocycles. The standard InChI is InChI=1S/C11H24N2O2/c1-10(2)5-8-15-9-7-13-11(14)4-6-12-3/h10,12H,4-9H2,1-3H3,(H,13,14). The first kappa shape index (κ1) is 14.4. The molecule has 4 nitrogen and oxygen atoms in total. The third-order valence-electron chi connectivity index (χ3n) is 2.01. The van der Waals surface area contributed by atoms with Gasteiger partial charge in [0, 0.05) is 26.1 Å². The first-order valence-corrected chi connectivity index (χ1v) is 5.66. The zero-order valence-electron chi connectivity index (χ0n) is 10.1. The van der Waals surface area contributed by atoms with E-state index in [-0.39, 0.29) is 5.91 Å². The van der Waals surface area contributed by atoms with Crippen molar-refractivity contribution in [3.63, 3.8) is 0 Å². The number of hydrogen-bond acceptors (Lipinski definition) is 3. The fourth-order valence-corrected chi connectivity index (χ4v) is 1.01. The largest absolute Gasteiger partial charge is 0.380 e. The molecule has 0 rings (SSSR count). The summed E-state index contributed by atoms with van der Waals surface area (Å²) in [6, 6.07) is 0. The van der Waals surface area contributed by atoms with E-state index in [0.717, 1.165) is 19.6 Å². The highest BCUT2D eigenvalue weighted by Gasteiger charge is 1.98. The van der Waals surface area contributed by atoms with E-state index in [1.807, 2.05) is 7.05 Å². The maximum absolute atomic E-state index is 11.1. The zero-order chi connectivity index (χ0) is 11.5. The summed E-state index contributed by atoms with van der Waals surface area (Å²) in [6.45, 7) is 7.06. The van der Waals surface area contributed by atoms with Crippen molar-refractivity contribution in [3.05, 3.63) is 0 Å². The number of ether oxygens (including phenoxy) is 1. The summed E-state index contributed by atoms with van der Waals surface area (Å²) >= 11 is 0. The second-order valence-electron chi connectivity index (χ2n) is 4.00. The molecule has 0 aromatic heterocycles. The van der Waals surface area contributed by atoms with E-state index in [9.17, 15) is 4.79 Å². The van der Waals surface area contributed by atoms with Crippen molar-refractivity contribution in [3.8, 4) is 0 Å². The van der Waals surface area contributed by atoms with Crippen LogP contribution in [0, 0.1) is 5.92 Å². The van der Waals surface area contributed by atoms with Gasteiger partial charge in [0.1, 0.15) is 0 Å². The molecule has 0 aromatic carbocycles. The number of carbonyl (C=O) groups is 1. The van der Waals surface area contributed by atoms with Gasteiger partial charge in [-0.1, -0.05) is 13.8 Å². The van der Waals surface area contributed by atoms with Crippen LogP contribution >= 0.6 is 0 Å². The first-order valence-electron chi connectivity index (χ1n) is 5.66. The third-order valence-corrected chi connectivity index (χ3v) is 2.01. The maximum atomic E-state index is 11.1. The molecule has 0 saturated heterocycles. The van der Waals surface area contributed by atoms with Crippen molar-refractivity contribution in [2.45, 2.75) is 26.7 Å². The molecule has 0 aromatic rings. The van der Waals surface area contributed by atoms with Gasteiger partial charge in [0.05, 0.1) is 6.61 Å². The molecule has 1 amide bonds. The highest BCUT2D eigenvalue weighted by atomic mass is 16.5. The molecule has 0 aliphatic rings. The fourth-order valence-electron chi connectivity index (χ4n) is 1.01. The summed E-state index contributed by atoms with van der Waals surface area (Å²) < 4.78 is 5.37. The molecule has 0 aliphatic carbocycles. The van der Waals surface area contributed by atoms with Gasteiger partial charge in [-0.15, -0.1) is 0 Å². The quantitative estimate of drug-likeness (QED) is 0.560. The van der Waals surface area contributed by atoms with Crippen molar-refractivity contribution in [2.24, 2.45) is 5.92 Å². The van der Waals surface area contributed by atoms with Crippen LogP contribution in [-0.4, -0.2) is 39.3 Å². The van der Waals surface area contributed by atoms with Crippen LogP contribution in [0.25, 0.3) is 0 Å². The number of amides is 1. The average molecular weight is 216 g/mol. The number of nitrogens with one attached hydrogen (secondary N) is 2. The van der Waals surface area contributed by atoms with Gasteiger partial charge in [-0.05, 0) is 19.4 Å². The Morgan fingerprint density at radius 2 is 2.00 bits per heavy atom. The lowest BCUT2D eigenvalue weighted by atomic mass is 10.1. The Kier molecular flexibility index (Phi) is 9.52. The second kappa shape index (κ2) is 9.93. The van der Waals surface area contributed by atoms with Crippen molar-refractivity contribution in [1.29, 1.82) is 0 Å². The molecule has 0 fully saturated rings. The minimum atomic E-state index is 0.0804. The molecular formula is C11H24N2O2. The predicted octanol–water partition coefficient (Wildman–Crippen LogP) is 0.775. The van der Waals surface area contributed by atoms with Crippen LogP contribution in [0.3, 0.4) is 0 Å². The Bertz CT molecular complexity index is 161. The minimum Gasteiger partial charge on any atom is -0.380 e. The normalized spacial score (nSPS) is 10.7. The number of rotatable bonds is 9. The molecule has 0 unspecified atom stereocenters. The van der Waals surface area contributed by atoms with E-state index < -0.39 is 0 Å². The minimum absolute atomic E-state index is 0.0804. The Balaban J connectivity index is 3.13. The Morgan fingerprint density at radius 3 is 2.60 bits per heavy atom. The molecular weight excluding hydrogens is 192 g/mol. The monoisotopic (exact) mass is 216 g/mol. The van der Waals surface area contributed by atoms with Crippen LogP contribution < -0.4 is 10.6 Å². The molecule has 0 bridgehead atoms. The van der Waals surface area contributed by atoms with Crippen molar-refractivity contribution >= 4 is 5.91 Å². The molecule has 0 atom stereocenters. The van der Waals surface area contributed by atoms with Gasteiger partial charge in [-0.25, -0.2) is 0 Å². The lowest BCUT2D eigenvalue weighted by Gasteiger charge is -2.07. The fraction of sp³-hybridized carbons (Fsp3) is 0.909. The van der Waals surface area contributed by atoms with Crippen LogP contribution in [0.2, 0.25) is 0 Å². The van der Waals surface area contributed by atoms with Crippen LogP contribution in [0.5, 0.6) is 0 Å². The number of hydrogen-bond donors (Lipinski definition) is 2. The SMILES string of the molecule is CNCCC(=O)NCCOCCC(C)C. The second-order valence-corrected chi connectivity index (χ2v) is 4.00. The Morgan fingerprint density at radius 1 is 1.27 bits per heavy atom. The van der Waals surface area contributed by atoms with E-state index in [1.54, 1.807) is 0 Å². The van der Waals surface area contributed by atoms with Crippen LogP contribution in [0.4, 0.5) is 0 Å². The van der Waals surface area contributed by atoms with E-state index in [4.69, 9.17) is 4.74 Å². The summed E-state index contributed by atoms with van der Waals surface area (Å²) in [5.74, 6) is 0.757. The van der Waals surface area contributed by atoms with Gasteiger partial charge in [0.2, 0.25) is 5.91 Å². The summed E-state index contributed by atoms with van der Waals surface area (Å²) in [5, 5.41) is 5.73. The summed E-state index contributed by atoms with van der Waals surface area (Å²) in [7, 11) is 1.84. The van der Waals surface area contributed by atoms with Crippen molar-refractivity contribution in [1.82, 2.24) is 10.6 Å². The predicted molar refractivity (Wildman–Crippen MR) is 61.8 cm³/mol. The zero-order valence-corrected chi connectivity index (χ0v) is 10.1. The van der Waals surface area contributed by atoms with Gasteiger partial charge in [0.25, 0.3) is 0 Å². The highest BCUT2D eigenvalue weighted by molar-refractivity contribution is 5.75. The maximum Gasteiger partial charge on any atom is 0.221 e. The lowest BCUT2D eigenvalue weighted by Crippen LogP contribution is -2.29. The van der Waals surface area contributed by atoms with Crippen LogP contribution in [-0.2, 0) is 9.53 Å². The Labute approximate surface area is 92.8 Å². The smallest absolute Gasteiger partial charge is 0.221 e. The van der Waals surface area contributed by atoms with E-state index in [2.05, 4.69) is 24.5 Å². The molecule has 0 saturated carbocycles. The average Bonchev–Trinajstić information content (AvgIpc) is 2.19. The van der Waals surface area contributed by atoms with Crippen molar-refractivity contribution in [2.75, 3.05) is 33.4 Å². The van der Waals surface area contributed by atoms with Gasteiger partial charge in [-0.3, -0.25) is 4.79 Å². The summed E-state index contributed by atoms with van der Waals surface area (Å²) in [5.41, 5.74) is 0. The van der Waals surface area contributed by atoms with Gasteiger partial charge in [-0.2, -0.15) is 0 Å². The molecule has 90 valence electrons. The van der Waals surface area contributed by atoms with E-state index in [1.165, 1.54) is 0 Å². The third kappa shape index (κ3) is 11.3. The van der Waals surface area contributed by atoms with E-state index >= 15 is 0 Å². The highest BCUT2D eigenvalue weighted by Crippen LogP contribution is 1.98. The molecule has 15 heavy (non-hydrogen) atoms. The van der Waals surface area contributed by atoms with Crippen LogP contribution in [0.1, 0.15) is 26.7 Å². The van der Waals surface area contributed by atoms with Gasteiger partial charge in [0.15, 0.2) is 0 Å². The molecule has 0 radical (unpaired) electrons.